The third-order valence-electron chi connectivity index (χ3n) is 4.15. The largest absolute Gasteiger partial charge is 0.744 e. The van der Waals surface area contributed by atoms with Crippen LogP contribution in [0.25, 0.3) is 0 Å². The van der Waals surface area contributed by atoms with Gasteiger partial charge in [0.05, 0.1) is 4.90 Å². The molecule has 0 fully saturated rings. The fourth-order valence-corrected chi connectivity index (χ4v) is 2.92. The Bertz CT molecular complexity index is 910. The number of nitrogens with zero attached hydrogens (tertiary/aromatic N) is 2. The summed E-state index contributed by atoms with van der Waals surface area (Å²) in [7, 11) is -2.39. The Balaban J connectivity index is 0.000000326. The van der Waals surface area contributed by atoms with E-state index in [4.69, 9.17) is 0 Å². The zero-order valence-electron chi connectivity index (χ0n) is 17.3. The number of carbonyl (C=O) groups is 1. The molecule has 1 atom stereocenters. The van der Waals surface area contributed by atoms with E-state index in [1.54, 1.807) is 24.4 Å². The highest BCUT2D eigenvalue weighted by Gasteiger charge is 2.08. The van der Waals surface area contributed by atoms with Crippen LogP contribution in [0, 0.1) is 12.8 Å². The van der Waals surface area contributed by atoms with Gasteiger partial charge in [-0.3, -0.25) is 4.79 Å². The lowest BCUT2D eigenvalue weighted by atomic mass is 10.0. The molecule has 8 heteroatoms. The first-order valence-corrected chi connectivity index (χ1v) is 10.9. The monoisotopic (exact) mass is 419 g/mol. The number of nitrogens with one attached hydrogen (secondary N) is 1. The average Bonchev–Trinajstić information content (AvgIpc) is 2.67. The van der Waals surface area contributed by atoms with Gasteiger partial charge in [-0.15, -0.1) is 0 Å². The lowest BCUT2D eigenvalue weighted by Gasteiger charge is -2.06. The number of carbonyl (C=O) groups excluding carboxylic acids is 1. The Labute approximate surface area is 173 Å². The van der Waals surface area contributed by atoms with Crippen LogP contribution in [0.4, 0.5) is 0 Å². The maximum Gasteiger partial charge on any atom is 0.277 e. The van der Waals surface area contributed by atoms with Crippen LogP contribution in [0.2, 0.25) is 0 Å². The molecule has 158 valence electrons. The minimum absolute atomic E-state index is 0.172. The van der Waals surface area contributed by atoms with Crippen molar-refractivity contribution < 1.29 is 22.3 Å². The zero-order chi connectivity index (χ0) is 21.9. The van der Waals surface area contributed by atoms with Crippen LogP contribution >= 0.6 is 0 Å². The summed E-state index contributed by atoms with van der Waals surface area (Å²) in [4.78, 5) is 11.6. The molecule has 1 aromatic carbocycles. The molecule has 0 saturated carbocycles. The maximum absolute atomic E-state index is 11.8. The summed E-state index contributed by atoms with van der Waals surface area (Å²) in [6, 6.07) is 9.39. The first kappa shape index (κ1) is 24.5. The number of benzene rings is 1. The number of hydrogen-bond donors (Lipinski definition) is 1. The summed E-state index contributed by atoms with van der Waals surface area (Å²) in [5.41, 5.74) is 4.11. The molecule has 7 nitrogen and oxygen atoms in total. The first-order chi connectivity index (χ1) is 13.7. The van der Waals surface area contributed by atoms with Crippen molar-refractivity contribution in [2.45, 2.75) is 44.9 Å². The number of pyridine rings is 1. The van der Waals surface area contributed by atoms with Gasteiger partial charge in [-0.05, 0) is 43.9 Å². The minimum atomic E-state index is -4.27. The second-order valence-electron chi connectivity index (χ2n) is 6.70. The fraction of sp³-hybridized carbons (Fsp3) is 0.381. The quantitative estimate of drug-likeness (QED) is 0.322. The van der Waals surface area contributed by atoms with Crippen LogP contribution in [0.5, 0.6) is 0 Å². The van der Waals surface area contributed by atoms with E-state index in [9.17, 15) is 17.8 Å². The van der Waals surface area contributed by atoms with Crippen molar-refractivity contribution in [1.29, 1.82) is 0 Å². The Morgan fingerprint density at radius 1 is 1.24 bits per heavy atom. The van der Waals surface area contributed by atoms with Crippen molar-refractivity contribution in [3.05, 3.63) is 59.9 Å². The van der Waals surface area contributed by atoms with Crippen molar-refractivity contribution in [1.82, 2.24) is 5.43 Å². The highest BCUT2D eigenvalue weighted by Crippen LogP contribution is 2.08. The number of hydrogen-bond acceptors (Lipinski definition) is 5. The molecule has 1 unspecified atom stereocenters. The van der Waals surface area contributed by atoms with E-state index in [2.05, 4.69) is 24.4 Å². The van der Waals surface area contributed by atoms with Gasteiger partial charge in [0.2, 0.25) is 0 Å². The van der Waals surface area contributed by atoms with E-state index in [1.165, 1.54) is 12.1 Å². The third-order valence-corrected chi connectivity index (χ3v) is 5.00. The van der Waals surface area contributed by atoms with Gasteiger partial charge in [0.1, 0.15) is 22.7 Å². The Morgan fingerprint density at radius 3 is 2.41 bits per heavy atom. The highest BCUT2D eigenvalue weighted by molar-refractivity contribution is 7.85. The first-order valence-electron chi connectivity index (χ1n) is 9.48. The normalized spacial score (nSPS) is 12.2. The summed E-state index contributed by atoms with van der Waals surface area (Å²) in [5, 5.41) is 4.03. The van der Waals surface area contributed by atoms with Gasteiger partial charge in [-0.25, -0.2) is 18.4 Å². The smallest absolute Gasteiger partial charge is 0.277 e. The fourth-order valence-electron chi connectivity index (χ4n) is 2.45. The van der Waals surface area contributed by atoms with Crippen LogP contribution in [0.1, 0.15) is 49.0 Å². The van der Waals surface area contributed by atoms with Crippen molar-refractivity contribution in [3.8, 4) is 0 Å². The van der Waals surface area contributed by atoms with Crippen molar-refractivity contribution >= 4 is 22.2 Å². The van der Waals surface area contributed by atoms with E-state index >= 15 is 0 Å². The highest BCUT2D eigenvalue weighted by atomic mass is 32.2. The maximum atomic E-state index is 11.8. The predicted octanol–water partition coefficient (Wildman–Crippen LogP) is 2.95. The zero-order valence-corrected chi connectivity index (χ0v) is 18.1. The van der Waals surface area contributed by atoms with Gasteiger partial charge >= 0.3 is 0 Å². The van der Waals surface area contributed by atoms with Gasteiger partial charge < -0.3 is 4.55 Å². The van der Waals surface area contributed by atoms with Gasteiger partial charge in [-0.2, -0.15) is 5.10 Å². The van der Waals surface area contributed by atoms with Crippen LogP contribution in [-0.2, 0) is 17.2 Å². The molecule has 0 aliphatic rings. The van der Waals surface area contributed by atoms with E-state index in [0.29, 0.717) is 11.5 Å². The summed E-state index contributed by atoms with van der Waals surface area (Å²) >= 11 is 0. The van der Waals surface area contributed by atoms with Gasteiger partial charge in [0, 0.05) is 12.3 Å². The number of aryl methyl sites for hydroxylation is 2. The molecule has 2 rings (SSSR count). The molecule has 0 radical (unpaired) electrons. The van der Waals surface area contributed by atoms with Gasteiger partial charge in [-0.1, -0.05) is 38.0 Å². The molecule has 1 amide bonds. The molecule has 0 bridgehead atoms. The second kappa shape index (κ2) is 12.1. The molecular formula is C21H29N3O4S. The minimum Gasteiger partial charge on any atom is -0.744 e. The Morgan fingerprint density at radius 2 is 1.90 bits per heavy atom. The lowest BCUT2D eigenvalue weighted by Crippen LogP contribution is -2.29. The topological polar surface area (TPSA) is 103 Å². The molecule has 0 saturated heterocycles. The molecular weight excluding hydrogens is 390 g/mol. The van der Waals surface area contributed by atoms with Crippen molar-refractivity contribution in [2.24, 2.45) is 18.1 Å². The Hall–Kier alpha value is -2.58. The molecule has 0 aliphatic carbocycles. The second-order valence-corrected chi connectivity index (χ2v) is 8.08. The SMILES string of the molecule is CCCC(/C=N\NC(=O)c1ccc[n+](C)c1)CC.Cc1ccc(S(=O)(=O)[O-])cc1. The van der Waals surface area contributed by atoms with E-state index < -0.39 is 10.1 Å². The summed E-state index contributed by atoms with van der Waals surface area (Å²) in [6.45, 7) is 6.10. The molecule has 1 aromatic heterocycles. The summed E-state index contributed by atoms with van der Waals surface area (Å²) < 4.78 is 33.0. The standard InChI is InChI=1S/C14H21N3O.C7H8O3S/c1-4-7-12(5-2)10-15-16-14(18)13-8-6-9-17(3)11-13;1-6-2-4-7(5-3-6)11(8,9)10/h6,8-12H,4-5,7H2,1-3H3;2-5H,1H3,(H,8,9,10)/b15-10-;. The number of rotatable bonds is 7. The van der Waals surface area contributed by atoms with Crippen molar-refractivity contribution in [3.63, 3.8) is 0 Å². The number of hydrazone groups is 1. The third kappa shape index (κ3) is 9.45. The predicted molar refractivity (Wildman–Crippen MR) is 111 cm³/mol. The molecule has 2 aromatic rings. The number of amides is 1. The Kier molecular flexibility index (Phi) is 10.2. The van der Waals surface area contributed by atoms with Crippen LogP contribution in [0.15, 0.2) is 58.8 Å². The van der Waals surface area contributed by atoms with Gasteiger partial charge in [0.25, 0.3) is 5.91 Å². The van der Waals surface area contributed by atoms with E-state index in [1.807, 2.05) is 37.0 Å². The molecule has 0 spiro atoms. The molecule has 29 heavy (non-hydrogen) atoms. The van der Waals surface area contributed by atoms with Crippen LogP contribution in [-0.4, -0.2) is 25.1 Å². The van der Waals surface area contributed by atoms with Crippen molar-refractivity contribution in [2.75, 3.05) is 0 Å². The number of aromatic nitrogens is 1. The van der Waals surface area contributed by atoms with E-state index in [-0.39, 0.29) is 10.8 Å². The van der Waals surface area contributed by atoms with Crippen LogP contribution < -0.4 is 9.99 Å². The van der Waals surface area contributed by atoms with Crippen LogP contribution in [0.3, 0.4) is 0 Å². The summed E-state index contributed by atoms with van der Waals surface area (Å²) in [6.07, 6.45) is 8.78. The lowest BCUT2D eigenvalue weighted by molar-refractivity contribution is -0.671. The van der Waals surface area contributed by atoms with Gasteiger partial charge in [0.15, 0.2) is 12.4 Å². The molecule has 0 aliphatic heterocycles. The average molecular weight is 420 g/mol. The molecule has 1 N–H and O–H groups in total. The summed E-state index contributed by atoms with van der Waals surface area (Å²) in [5.74, 6) is 0.274. The van der Waals surface area contributed by atoms with E-state index in [0.717, 1.165) is 24.8 Å². The molecule has 1 heterocycles.